The van der Waals surface area contributed by atoms with Gasteiger partial charge in [0.15, 0.2) is 11.5 Å². The SMILES string of the molecule is C[S+](C)CC(=O)CC[C@H](NC(=O)[C@H](Cc1c[nH]c2ccccc12)NC(=O)OCc1ccccc1)C(=O)O. The number of fused-ring (bicyclic) bond motifs is 1. The number of ether oxygens (including phenoxy) is 1. The third-order valence-electron chi connectivity index (χ3n) is 5.70. The maximum atomic E-state index is 13.2. The standard InChI is InChI=1S/C27H31N3O6S/c1-37(2)17-20(31)12-13-23(26(33)34)29-25(32)24(14-19-15-28-22-11-7-6-10-21(19)22)30-27(35)36-16-18-8-4-3-5-9-18/h3-11,15,23-24,28H,12-14,16-17H2,1-2H3,(H2-,29,30,32,33,34,35)/p+1/t23-,24-/m0/s1. The van der Waals surface area contributed by atoms with Crippen molar-refractivity contribution < 1.29 is 29.0 Å². The number of aliphatic carboxylic acids is 1. The summed E-state index contributed by atoms with van der Waals surface area (Å²) in [6, 6.07) is 14.3. The molecule has 0 aliphatic carbocycles. The first kappa shape index (κ1) is 27.8. The number of alkyl carbamates (subject to hydrolysis) is 1. The molecule has 1 aromatic heterocycles. The molecule has 37 heavy (non-hydrogen) atoms. The lowest BCUT2D eigenvalue weighted by atomic mass is 10.0. The van der Waals surface area contributed by atoms with Crippen molar-refractivity contribution in [2.45, 2.75) is 38.0 Å². The Kier molecular flexibility index (Phi) is 10.1. The van der Waals surface area contributed by atoms with Gasteiger partial charge in [0, 0.05) is 29.9 Å². The number of Topliss-reactive ketones (excluding diaryl/α,β-unsaturated/α-hetero) is 1. The first-order chi connectivity index (χ1) is 17.7. The first-order valence-electron chi connectivity index (χ1n) is 11.8. The van der Waals surface area contributed by atoms with Crippen molar-refractivity contribution in [1.82, 2.24) is 15.6 Å². The number of nitrogens with one attached hydrogen (secondary N) is 3. The van der Waals surface area contributed by atoms with Gasteiger partial charge in [0.1, 0.15) is 18.7 Å². The number of H-pyrrole nitrogens is 1. The highest BCUT2D eigenvalue weighted by Gasteiger charge is 2.28. The summed E-state index contributed by atoms with van der Waals surface area (Å²) in [5.74, 6) is -1.59. The van der Waals surface area contributed by atoms with Crippen molar-refractivity contribution in [1.29, 1.82) is 0 Å². The molecule has 2 aromatic carbocycles. The van der Waals surface area contributed by atoms with Crippen molar-refractivity contribution in [3.63, 3.8) is 0 Å². The number of hydrogen-bond donors (Lipinski definition) is 4. The van der Waals surface area contributed by atoms with Crippen molar-refractivity contribution in [3.05, 3.63) is 71.9 Å². The number of aromatic nitrogens is 1. The van der Waals surface area contributed by atoms with Crippen LogP contribution in [0, 0.1) is 0 Å². The van der Waals surface area contributed by atoms with Crippen LogP contribution in [0.2, 0.25) is 0 Å². The van der Waals surface area contributed by atoms with E-state index in [4.69, 9.17) is 4.74 Å². The molecule has 3 rings (SSSR count). The lowest BCUT2D eigenvalue weighted by molar-refractivity contribution is -0.142. The van der Waals surface area contributed by atoms with Gasteiger partial charge in [0.2, 0.25) is 5.91 Å². The Labute approximate surface area is 218 Å². The fraction of sp³-hybridized carbons (Fsp3) is 0.333. The number of amides is 2. The second kappa shape index (κ2) is 13.5. The number of ketones is 1. The molecule has 0 radical (unpaired) electrons. The van der Waals surface area contributed by atoms with Crippen LogP contribution in [0.1, 0.15) is 24.0 Å². The number of hydrogen-bond acceptors (Lipinski definition) is 5. The largest absolute Gasteiger partial charge is 0.480 e. The summed E-state index contributed by atoms with van der Waals surface area (Å²) in [4.78, 5) is 52.8. The molecule has 0 saturated carbocycles. The normalized spacial score (nSPS) is 12.6. The molecule has 0 unspecified atom stereocenters. The summed E-state index contributed by atoms with van der Waals surface area (Å²) in [6.07, 6.45) is 4.94. The summed E-state index contributed by atoms with van der Waals surface area (Å²) in [7, 11) is -0.0910. The van der Waals surface area contributed by atoms with Gasteiger partial charge in [0.25, 0.3) is 0 Å². The summed E-state index contributed by atoms with van der Waals surface area (Å²) in [6.45, 7) is 0.0183. The molecule has 0 fully saturated rings. The van der Waals surface area contributed by atoms with Crippen molar-refractivity contribution in [3.8, 4) is 0 Å². The molecule has 4 N–H and O–H groups in total. The van der Waals surface area contributed by atoms with Crippen LogP contribution < -0.4 is 10.6 Å². The highest BCUT2D eigenvalue weighted by Crippen LogP contribution is 2.19. The topological polar surface area (TPSA) is 138 Å². The van der Waals surface area contributed by atoms with Crippen molar-refractivity contribution in [2.24, 2.45) is 0 Å². The fourth-order valence-corrected chi connectivity index (χ4v) is 4.65. The Bertz CT molecular complexity index is 1230. The molecule has 0 saturated heterocycles. The van der Waals surface area contributed by atoms with Gasteiger partial charge in [-0.15, -0.1) is 0 Å². The smallest absolute Gasteiger partial charge is 0.408 e. The summed E-state index contributed by atoms with van der Waals surface area (Å²) in [5.41, 5.74) is 2.43. The molecule has 0 spiro atoms. The van der Waals surface area contributed by atoms with Gasteiger partial charge in [-0.2, -0.15) is 0 Å². The van der Waals surface area contributed by atoms with Crippen LogP contribution in [-0.2, 0) is 43.0 Å². The number of carboxylic acid groups (broad SMARTS) is 1. The van der Waals surface area contributed by atoms with E-state index in [-0.39, 0.29) is 42.5 Å². The highest BCUT2D eigenvalue weighted by molar-refractivity contribution is 7.96. The summed E-state index contributed by atoms with van der Waals surface area (Å²) < 4.78 is 5.29. The van der Waals surface area contributed by atoms with Crippen LogP contribution in [0.25, 0.3) is 10.9 Å². The highest BCUT2D eigenvalue weighted by atomic mass is 32.2. The minimum absolute atomic E-state index is 0.0183. The van der Waals surface area contributed by atoms with Gasteiger partial charge in [-0.05, 0) is 34.5 Å². The van der Waals surface area contributed by atoms with Crippen molar-refractivity contribution >= 4 is 45.6 Å². The zero-order valence-corrected chi connectivity index (χ0v) is 21.7. The third-order valence-corrected chi connectivity index (χ3v) is 6.60. The van der Waals surface area contributed by atoms with Gasteiger partial charge < -0.3 is 25.5 Å². The average Bonchev–Trinajstić information content (AvgIpc) is 3.27. The molecule has 10 heteroatoms. The molecule has 3 aromatic rings. The van der Waals surface area contributed by atoms with Gasteiger partial charge in [-0.25, -0.2) is 9.59 Å². The Balaban J connectivity index is 1.71. The Morgan fingerprint density at radius 3 is 2.38 bits per heavy atom. The van der Waals surface area contributed by atoms with Crippen LogP contribution in [0.5, 0.6) is 0 Å². The number of carbonyl (C=O) groups excluding carboxylic acids is 3. The van der Waals surface area contributed by atoms with E-state index in [0.29, 0.717) is 5.75 Å². The second-order valence-corrected chi connectivity index (χ2v) is 11.2. The zero-order valence-electron chi connectivity index (χ0n) is 20.9. The second-order valence-electron chi connectivity index (χ2n) is 8.93. The van der Waals surface area contributed by atoms with E-state index < -0.39 is 30.1 Å². The molecule has 0 aliphatic heterocycles. The van der Waals surface area contributed by atoms with Crippen LogP contribution >= 0.6 is 0 Å². The van der Waals surface area contributed by atoms with Gasteiger partial charge in [-0.3, -0.25) is 9.59 Å². The number of carbonyl (C=O) groups is 4. The number of aromatic amines is 1. The monoisotopic (exact) mass is 526 g/mol. The lowest BCUT2D eigenvalue weighted by Gasteiger charge is -2.21. The summed E-state index contributed by atoms with van der Waals surface area (Å²) in [5, 5.41) is 15.6. The van der Waals surface area contributed by atoms with Crippen LogP contribution in [-0.4, -0.2) is 64.2 Å². The van der Waals surface area contributed by atoms with E-state index in [9.17, 15) is 24.3 Å². The Morgan fingerprint density at radius 1 is 0.973 bits per heavy atom. The summed E-state index contributed by atoms with van der Waals surface area (Å²) >= 11 is 0. The quantitative estimate of drug-likeness (QED) is 0.253. The molecule has 0 aliphatic rings. The number of carboxylic acids is 1. The molecule has 2 atom stereocenters. The fourth-order valence-electron chi connectivity index (χ4n) is 3.87. The molecule has 1 heterocycles. The maximum Gasteiger partial charge on any atom is 0.408 e. The minimum Gasteiger partial charge on any atom is -0.480 e. The Morgan fingerprint density at radius 2 is 1.68 bits per heavy atom. The predicted octanol–water partition coefficient (Wildman–Crippen LogP) is 2.80. The molecular weight excluding hydrogens is 494 g/mol. The van der Waals surface area contributed by atoms with Crippen LogP contribution in [0.4, 0.5) is 4.79 Å². The molecule has 0 bridgehead atoms. The lowest BCUT2D eigenvalue weighted by Crippen LogP contribution is -2.52. The van der Waals surface area contributed by atoms with E-state index >= 15 is 0 Å². The van der Waals surface area contributed by atoms with E-state index in [1.165, 1.54) is 0 Å². The van der Waals surface area contributed by atoms with Gasteiger partial charge in [-0.1, -0.05) is 48.5 Å². The van der Waals surface area contributed by atoms with Gasteiger partial charge in [0.05, 0.1) is 12.5 Å². The van der Waals surface area contributed by atoms with Crippen LogP contribution in [0.3, 0.4) is 0 Å². The molecular formula is C27H32N3O6S+. The third kappa shape index (κ3) is 8.68. The number of para-hydroxylation sites is 1. The number of rotatable bonds is 13. The molecule has 196 valence electrons. The average molecular weight is 527 g/mol. The van der Waals surface area contributed by atoms with E-state index in [1.54, 1.807) is 6.20 Å². The molecule has 2 amide bonds. The Hall–Kier alpha value is -3.79. The van der Waals surface area contributed by atoms with E-state index in [0.717, 1.165) is 22.0 Å². The predicted molar refractivity (Wildman–Crippen MR) is 143 cm³/mol. The van der Waals surface area contributed by atoms with Crippen LogP contribution in [0.15, 0.2) is 60.8 Å². The van der Waals surface area contributed by atoms with E-state index in [1.807, 2.05) is 67.1 Å². The zero-order chi connectivity index (χ0) is 26.8. The van der Waals surface area contributed by atoms with E-state index in [2.05, 4.69) is 15.6 Å². The minimum atomic E-state index is -1.26. The van der Waals surface area contributed by atoms with Gasteiger partial charge >= 0.3 is 12.1 Å². The number of benzene rings is 2. The molecule has 9 nitrogen and oxygen atoms in total. The first-order valence-corrected chi connectivity index (χ1v) is 14.0. The van der Waals surface area contributed by atoms with Crippen molar-refractivity contribution in [2.75, 3.05) is 18.3 Å². The maximum absolute atomic E-state index is 13.2.